The van der Waals surface area contributed by atoms with Crippen molar-refractivity contribution in [1.82, 2.24) is 10.2 Å². The minimum Gasteiger partial charge on any atom is -0.496 e. The Hall–Kier alpha value is -0.900. The van der Waals surface area contributed by atoms with Gasteiger partial charge in [-0.3, -0.25) is 10.2 Å². The van der Waals surface area contributed by atoms with Crippen molar-refractivity contribution in [1.29, 1.82) is 0 Å². The van der Waals surface area contributed by atoms with Gasteiger partial charge in [0, 0.05) is 26.2 Å². The molecule has 0 bridgehead atoms. The number of morpholine rings is 1. The third-order valence-electron chi connectivity index (χ3n) is 4.06. The Morgan fingerprint density at radius 1 is 1.24 bits per heavy atom. The van der Waals surface area contributed by atoms with Gasteiger partial charge in [-0.05, 0) is 40.0 Å². The van der Waals surface area contributed by atoms with Crippen LogP contribution in [0.15, 0.2) is 16.6 Å². The fourth-order valence-electron chi connectivity index (χ4n) is 2.63. The van der Waals surface area contributed by atoms with Crippen molar-refractivity contribution < 1.29 is 24.1 Å². The normalized spacial score (nSPS) is 16.6. The van der Waals surface area contributed by atoms with Crippen molar-refractivity contribution in [3.05, 3.63) is 22.2 Å². The molecule has 1 aromatic carbocycles. The lowest BCUT2D eigenvalue weighted by atomic mass is 10.1. The van der Waals surface area contributed by atoms with E-state index in [0.29, 0.717) is 19.6 Å². The molecule has 1 aliphatic rings. The molecule has 0 saturated carbocycles. The Morgan fingerprint density at radius 2 is 1.96 bits per heavy atom. The van der Waals surface area contributed by atoms with Gasteiger partial charge in [-0.15, -0.1) is 0 Å². The van der Waals surface area contributed by atoms with Gasteiger partial charge >= 0.3 is 0 Å². The number of hydrogen-bond donors (Lipinski definition) is 2. The number of halogens is 1. The third kappa shape index (κ3) is 6.73. The molecule has 1 unspecified atom stereocenters. The number of rotatable bonds is 10. The van der Waals surface area contributed by atoms with Gasteiger partial charge < -0.3 is 24.1 Å². The van der Waals surface area contributed by atoms with E-state index in [2.05, 4.69) is 26.1 Å². The second-order valence-corrected chi connectivity index (χ2v) is 6.53. The van der Waals surface area contributed by atoms with Crippen molar-refractivity contribution in [2.24, 2.45) is 0 Å². The summed E-state index contributed by atoms with van der Waals surface area (Å²) in [5.74, 6) is 1.52. The molecule has 0 spiro atoms. The fraction of sp³-hybridized carbons (Fsp3) is 0.647. The lowest BCUT2D eigenvalue weighted by Gasteiger charge is -2.26. The highest BCUT2D eigenvalue weighted by Gasteiger charge is 2.12. The molecule has 1 aliphatic heterocycles. The van der Waals surface area contributed by atoms with Gasteiger partial charge in [-0.1, -0.05) is 0 Å². The molecule has 1 atom stereocenters. The molecule has 0 amide bonds. The first-order valence-electron chi connectivity index (χ1n) is 8.37. The molecular formula is C17H27BrN2O5. The molecule has 0 aromatic heterocycles. The zero-order chi connectivity index (χ0) is 18.1. The zero-order valence-electron chi connectivity index (χ0n) is 14.8. The van der Waals surface area contributed by atoms with Crippen LogP contribution in [0.25, 0.3) is 0 Å². The maximum absolute atomic E-state index is 9.89. The predicted octanol–water partition coefficient (Wildman–Crippen LogP) is 1.22. The van der Waals surface area contributed by atoms with Crippen LogP contribution < -0.4 is 14.8 Å². The van der Waals surface area contributed by atoms with Crippen LogP contribution in [0.1, 0.15) is 5.56 Å². The molecule has 2 rings (SSSR count). The lowest BCUT2D eigenvalue weighted by molar-refractivity contribution is -0.125. The summed E-state index contributed by atoms with van der Waals surface area (Å²) in [6.07, 6.45) is -0.305. The first kappa shape index (κ1) is 20.4. The van der Waals surface area contributed by atoms with Gasteiger partial charge in [0.05, 0.1) is 38.5 Å². The van der Waals surface area contributed by atoms with Crippen molar-refractivity contribution >= 4 is 15.9 Å². The average Bonchev–Trinajstić information content (AvgIpc) is 2.63. The van der Waals surface area contributed by atoms with Crippen LogP contribution in [0.4, 0.5) is 0 Å². The lowest BCUT2D eigenvalue weighted by Crippen LogP contribution is -2.40. The first-order valence-corrected chi connectivity index (χ1v) is 9.17. The number of benzene rings is 1. The smallest absolute Gasteiger partial charge is 0.213 e. The largest absolute Gasteiger partial charge is 0.496 e. The van der Waals surface area contributed by atoms with E-state index in [9.17, 15) is 5.11 Å². The number of ether oxygens (including phenoxy) is 4. The summed E-state index contributed by atoms with van der Waals surface area (Å²) in [7, 11) is 3.26. The molecule has 142 valence electrons. The highest BCUT2D eigenvalue weighted by molar-refractivity contribution is 9.10. The van der Waals surface area contributed by atoms with E-state index >= 15 is 0 Å². The van der Waals surface area contributed by atoms with Crippen LogP contribution >= 0.6 is 15.9 Å². The van der Waals surface area contributed by atoms with Crippen LogP contribution in [0.2, 0.25) is 0 Å². The van der Waals surface area contributed by atoms with E-state index in [0.717, 1.165) is 54.4 Å². The number of aliphatic hydroxyl groups excluding tert-OH is 1. The van der Waals surface area contributed by atoms with Crippen LogP contribution in [0, 0.1) is 0 Å². The van der Waals surface area contributed by atoms with Gasteiger partial charge in [0.25, 0.3) is 0 Å². The van der Waals surface area contributed by atoms with Gasteiger partial charge in [-0.2, -0.15) is 0 Å². The Balaban J connectivity index is 1.70. The van der Waals surface area contributed by atoms with Crippen LogP contribution in [-0.2, 0) is 15.9 Å². The SMILES string of the molecule is COc1cc(CCNC(O)OCCN2CCOCC2)c(OC)cc1Br. The van der Waals surface area contributed by atoms with E-state index in [4.69, 9.17) is 18.9 Å². The zero-order valence-corrected chi connectivity index (χ0v) is 16.4. The molecule has 1 aromatic rings. The summed E-state index contributed by atoms with van der Waals surface area (Å²) in [6.45, 7) is 5.18. The number of nitrogens with one attached hydrogen (secondary N) is 1. The van der Waals surface area contributed by atoms with Crippen LogP contribution in [-0.4, -0.2) is 76.6 Å². The monoisotopic (exact) mass is 418 g/mol. The molecule has 0 aliphatic carbocycles. The fourth-order valence-corrected chi connectivity index (χ4v) is 3.11. The van der Waals surface area contributed by atoms with Gasteiger partial charge in [0.2, 0.25) is 6.41 Å². The molecule has 25 heavy (non-hydrogen) atoms. The minimum absolute atomic E-state index is 0.476. The summed E-state index contributed by atoms with van der Waals surface area (Å²) in [5, 5.41) is 12.8. The molecule has 1 fully saturated rings. The Labute approximate surface area is 157 Å². The van der Waals surface area contributed by atoms with Gasteiger partial charge in [0.15, 0.2) is 0 Å². The van der Waals surface area contributed by atoms with E-state index in [1.165, 1.54) is 0 Å². The second kappa shape index (κ2) is 10.9. The average molecular weight is 419 g/mol. The maximum atomic E-state index is 9.89. The molecule has 2 N–H and O–H groups in total. The first-order chi connectivity index (χ1) is 12.1. The summed E-state index contributed by atoms with van der Waals surface area (Å²) in [6, 6.07) is 3.81. The van der Waals surface area contributed by atoms with Crippen molar-refractivity contribution in [2.75, 3.05) is 60.2 Å². The summed E-state index contributed by atoms with van der Waals surface area (Å²) in [5.41, 5.74) is 0.996. The molecule has 1 heterocycles. The van der Waals surface area contributed by atoms with E-state index in [-0.39, 0.29) is 0 Å². The molecular weight excluding hydrogens is 392 g/mol. The Bertz CT molecular complexity index is 526. The third-order valence-corrected chi connectivity index (χ3v) is 4.67. The molecule has 0 radical (unpaired) electrons. The molecule has 1 saturated heterocycles. The summed E-state index contributed by atoms with van der Waals surface area (Å²) < 4.78 is 22.2. The minimum atomic E-state index is -0.982. The van der Waals surface area contributed by atoms with Crippen molar-refractivity contribution in [2.45, 2.75) is 12.8 Å². The number of methoxy groups -OCH3 is 2. The van der Waals surface area contributed by atoms with E-state index < -0.39 is 6.41 Å². The van der Waals surface area contributed by atoms with Gasteiger partial charge in [-0.25, -0.2) is 0 Å². The van der Waals surface area contributed by atoms with Crippen LogP contribution in [0.3, 0.4) is 0 Å². The predicted molar refractivity (Wildman–Crippen MR) is 98.2 cm³/mol. The standard InChI is InChI=1S/C17H27BrN2O5/c1-22-15-12-14(18)16(23-2)11-13(15)3-4-19-17(21)25-10-7-20-5-8-24-9-6-20/h11-12,17,19,21H,3-10H2,1-2H3. The Morgan fingerprint density at radius 3 is 2.64 bits per heavy atom. The quantitative estimate of drug-likeness (QED) is 0.553. The summed E-state index contributed by atoms with van der Waals surface area (Å²) in [4.78, 5) is 2.26. The van der Waals surface area contributed by atoms with E-state index in [1.807, 2.05) is 12.1 Å². The maximum Gasteiger partial charge on any atom is 0.213 e. The molecule has 7 nitrogen and oxygen atoms in total. The number of aliphatic hydroxyl groups is 1. The number of nitrogens with zero attached hydrogens (tertiary/aromatic N) is 1. The highest BCUT2D eigenvalue weighted by atomic mass is 79.9. The Kier molecular flexibility index (Phi) is 8.94. The van der Waals surface area contributed by atoms with Gasteiger partial charge in [0.1, 0.15) is 11.5 Å². The van der Waals surface area contributed by atoms with Crippen molar-refractivity contribution in [3.8, 4) is 11.5 Å². The van der Waals surface area contributed by atoms with E-state index in [1.54, 1.807) is 14.2 Å². The number of hydrogen-bond acceptors (Lipinski definition) is 7. The second-order valence-electron chi connectivity index (χ2n) is 5.68. The summed E-state index contributed by atoms with van der Waals surface area (Å²) >= 11 is 3.44. The highest BCUT2D eigenvalue weighted by Crippen LogP contribution is 2.32. The van der Waals surface area contributed by atoms with Crippen molar-refractivity contribution in [3.63, 3.8) is 0 Å². The topological polar surface area (TPSA) is 72.4 Å². The van der Waals surface area contributed by atoms with Crippen LogP contribution in [0.5, 0.6) is 11.5 Å². The molecule has 8 heteroatoms.